The first kappa shape index (κ1) is 14.6. The van der Waals surface area contributed by atoms with Crippen LogP contribution in [0.4, 0.5) is 0 Å². The van der Waals surface area contributed by atoms with Gasteiger partial charge in [0.15, 0.2) is 11.0 Å². The quantitative estimate of drug-likeness (QED) is 0.826. The van der Waals surface area contributed by atoms with Crippen LogP contribution in [0.3, 0.4) is 0 Å². The highest BCUT2D eigenvalue weighted by atomic mass is 32.2. The summed E-state index contributed by atoms with van der Waals surface area (Å²) in [5, 5.41) is 20.2. The lowest BCUT2D eigenvalue weighted by Crippen LogP contribution is -2.30. The SMILES string of the molecule is CC(C)(C1CC1)n1c(SCC(=O)O)nnc1-c1cccs1. The van der Waals surface area contributed by atoms with E-state index in [1.54, 1.807) is 11.3 Å². The first-order valence-electron chi connectivity index (χ1n) is 6.84. The molecule has 1 aliphatic rings. The minimum absolute atomic E-state index is 0.00329. The van der Waals surface area contributed by atoms with Crippen molar-refractivity contribution < 1.29 is 9.90 Å². The fraction of sp³-hybridized carbons (Fsp3) is 0.500. The van der Waals surface area contributed by atoms with Crippen molar-refractivity contribution in [3.63, 3.8) is 0 Å². The van der Waals surface area contributed by atoms with Gasteiger partial charge in [-0.3, -0.25) is 9.36 Å². The molecule has 21 heavy (non-hydrogen) atoms. The molecule has 2 aromatic heterocycles. The summed E-state index contributed by atoms with van der Waals surface area (Å²) in [5.41, 5.74) is -0.0936. The van der Waals surface area contributed by atoms with Gasteiger partial charge in [-0.1, -0.05) is 17.8 Å². The zero-order valence-electron chi connectivity index (χ0n) is 11.9. The molecule has 1 fully saturated rings. The smallest absolute Gasteiger partial charge is 0.313 e. The van der Waals surface area contributed by atoms with E-state index in [2.05, 4.69) is 28.6 Å². The van der Waals surface area contributed by atoms with Crippen LogP contribution < -0.4 is 0 Å². The molecule has 0 aromatic carbocycles. The molecule has 1 aliphatic carbocycles. The van der Waals surface area contributed by atoms with E-state index in [4.69, 9.17) is 5.11 Å². The van der Waals surface area contributed by atoms with Crippen molar-refractivity contribution in [2.24, 2.45) is 5.92 Å². The summed E-state index contributed by atoms with van der Waals surface area (Å²) in [6, 6.07) is 4.02. The molecule has 0 aliphatic heterocycles. The third-order valence-corrected chi connectivity index (χ3v) is 5.63. The molecule has 1 saturated carbocycles. The average Bonchev–Trinajstić information content (AvgIpc) is 3.00. The maximum absolute atomic E-state index is 10.8. The third kappa shape index (κ3) is 2.85. The molecule has 0 amide bonds. The molecule has 7 heteroatoms. The van der Waals surface area contributed by atoms with Gasteiger partial charge in [0.2, 0.25) is 0 Å². The standard InChI is InChI=1S/C14H17N3O2S2/c1-14(2,9-5-6-9)17-12(10-4-3-7-20-10)15-16-13(17)21-8-11(18)19/h3-4,7,9H,5-6,8H2,1-2H3,(H,18,19). The zero-order valence-corrected chi connectivity index (χ0v) is 13.6. The Morgan fingerprint density at radius 3 is 2.86 bits per heavy atom. The fourth-order valence-corrected chi connectivity index (χ4v) is 4.05. The molecule has 0 unspecified atom stereocenters. The lowest BCUT2D eigenvalue weighted by molar-refractivity contribution is -0.133. The van der Waals surface area contributed by atoms with Crippen LogP contribution in [0, 0.1) is 5.92 Å². The van der Waals surface area contributed by atoms with Crippen LogP contribution >= 0.6 is 23.1 Å². The van der Waals surface area contributed by atoms with Crippen LogP contribution in [0.2, 0.25) is 0 Å². The molecule has 0 radical (unpaired) electrons. The summed E-state index contributed by atoms with van der Waals surface area (Å²) in [6.45, 7) is 4.38. The van der Waals surface area contributed by atoms with E-state index >= 15 is 0 Å². The predicted octanol–water partition coefficient (Wildman–Crippen LogP) is 3.33. The van der Waals surface area contributed by atoms with Gasteiger partial charge in [0, 0.05) is 5.54 Å². The van der Waals surface area contributed by atoms with Gasteiger partial charge in [-0.05, 0) is 44.1 Å². The second-order valence-corrected chi connectivity index (χ2v) is 7.62. The van der Waals surface area contributed by atoms with Crippen molar-refractivity contribution >= 4 is 29.1 Å². The number of carbonyl (C=O) groups is 1. The minimum atomic E-state index is -0.837. The summed E-state index contributed by atoms with van der Waals surface area (Å²) in [6.07, 6.45) is 2.41. The number of nitrogens with zero attached hydrogens (tertiary/aromatic N) is 3. The number of aromatic nitrogens is 3. The summed E-state index contributed by atoms with van der Waals surface area (Å²) in [5.74, 6) is 0.617. The van der Waals surface area contributed by atoms with E-state index in [0.717, 1.165) is 10.7 Å². The highest BCUT2D eigenvalue weighted by molar-refractivity contribution is 7.99. The van der Waals surface area contributed by atoms with E-state index in [9.17, 15) is 4.79 Å². The van der Waals surface area contributed by atoms with Gasteiger partial charge >= 0.3 is 5.97 Å². The van der Waals surface area contributed by atoms with E-state index in [-0.39, 0.29) is 11.3 Å². The maximum atomic E-state index is 10.8. The Bertz CT molecular complexity index is 645. The van der Waals surface area contributed by atoms with Gasteiger partial charge in [0.05, 0.1) is 10.6 Å². The average molecular weight is 323 g/mol. The van der Waals surface area contributed by atoms with Crippen LogP contribution in [0.25, 0.3) is 10.7 Å². The number of aliphatic carboxylic acids is 1. The van der Waals surface area contributed by atoms with Gasteiger partial charge in [-0.15, -0.1) is 21.5 Å². The Labute approximate surface area is 131 Å². The van der Waals surface area contributed by atoms with Gasteiger partial charge in [-0.2, -0.15) is 0 Å². The molecule has 0 atom stereocenters. The van der Waals surface area contributed by atoms with E-state index in [1.807, 2.05) is 17.5 Å². The van der Waals surface area contributed by atoms with Crippen LogP contribution in [0.15, 0.2) is 22.7 Å². The van der Waals surface area contributed by atoms with Crippen LogP contribution in [0.5, 0.6) is 0 Å². The molecule has 0 saturated heterocycles. The molecule has 2 heterocycles. The van der Waals surface area contributed by atoms with Gasteiger partial charge in [-0.25, -0.2) is 0 Å². The largest absolute Gasteiger partial charge is 0.481 e. The number of hydrogen-bond donors (Lipinski definition) is 1. The number of hydrogen-bond acceptors (Lipinski definition) is 5. The van der Waals surface area contributed by atoms with E-state index < -0.39 is 5.97 Å². The molecular formula is C14H17N3O2S2. The molecule has 5 nitrogen and oxygen atoms in total. The molecule has 2 aromatic rings. The van der Waals surface area contributed by atoms with Gasteiger partial charge in [0.1, 0.15) is 0 Å². The summed E-state index contributed by atoms with van der Waals surface area (Å²) in [7, 11) is 0. The van der Waals surface area contributed by atoms with Crippen LogP contribution in [-0.4, -0.2) is 31.6 Å². The molecule has 112 valence electrons. The second-order valence-electron chi connectivity index (χ2n) is 5.73. The number of thiophene rings is 1. The zero-order chi connectivity index (χ0) is 15.0. The monoisotopic (exact) mass is 323 g/mol. The van der Waals surface area contributed by atoms with Crippen LogP contribution in [-0.2, 0) is 10.3 Å². The molecule has 0 spiro atoms. The normalized spacial score (nSPS) is 15.3. The Morgan fingerprint density at radius 2 is 2.29 bits per heavy atom. The maximum Gasteiger partial charge on any atom is 0.313 e. The Kier molecular flexibility index (Phi) is 3.79. The van der Waals surface area contributed by atoms with Crippen molar-refractivity contribution in [2.45, 2.75) is 37.4 Å². The highest BCUT2D eigenvalue weighted by Gasteiger charge is 2.42. The molecular weight excluding hydrogens is 306 g/mol. The Morgan fingerprint density at radius 1 is 1.52 bits per heavy atom. The lowest BCUT2D eigenvalue weighted by atomic mass is 9.98. The summed E-state index contributed by atoms with van der Waals surface area (Å²) < 4.78 is 2.13. The van der Waals surface area contributed by atoms with E-state index in [1.165, 1.54) is 24.6 Å². The van der Waals surface area contributed by atoms with Crippen LogP contribution in [0.1, 0.15) is 26.7 Å². The second kappa shape index (κ2) is 5.46. The van der Waals surface area contributed by atoms with Crippen molar-refractivity contribution in [2.75, 3.05) is 5.75 Å². The number of carboxylic acid groups (broad SMARTS) is 1. The minimum Gasteiger partial charge on any atom is -0.481 e. The Hall–Kier alpha value is -1.34. The number of thioether (sulfide) groups is 1. The summed E-state index contributed by atoms with van der Waals surface area (Å²) >= 11 is 2.87. The highest BCUT2D eigenvalue weighted by Crippen LogP contribution is 2.47. The van der Waals surface area contributed by atoms with Gasteiger partial charge in [0.25, 0.3) is 0 Å². The lowest BCUT2D eigenvalue weighted by Gasteiger charge is -2.29. The molecule has 1 N–H and O–H groups in total. The molecule has 3 rings (SSSR count). The van der Waals surface area contributed by atoms with Crippen molar-refractivity contribution in [3.8, 4) is 10.7 Å². The number of carboxylic acids is 1. The topological polar surface area (TPSA) is 68.0 Å². The van der Waals surface area contributed by atoms with Gasteiger partial charge < -0.3 is 5.11 Å². The predicted molar refractivity (Wildman–Crippen MR) is 83.7 cm³/mol. The van der Waals surface area contributed by atoms with Crippen molar-refractivity contribution in [1.82, 2.24) is 14.8 Å². The first-order chi connectivity index (χ1) is 10.00. The summed E-state index contributed by atoms with van der Waals surface area (Å²) in [4.78, 5) is 11.9. The third-order valence-electron chi connectivity index (χ3n) is 3.85. The van der Waals surface area contributed by atoms with Crippen molar-refractivity contribution in [3.05, 3.63) is 17.5 Å². The first-order valence-corrected chi connectivity index (χ1v) is 8.71. The Balaban J connectivity index is 2.03. The van der Waals surface area contributed by atoms with E-state index in [0.29, 0.717) is 11.1 Å². The molecule has 0 bridgehead atoms. The fourth-order valence-electron chi connectivity index (χ4n) is 2.55. The number of rotatable bonds is 6. The van der Waals surface area contributed by atoms with Crippen molar-refractivity contribution in [1.29, 1.82) is 0 Å².